The van der Waals surface area contributed by atoms with Crippen molar-refractivity contribution >= 4 is 0 Å². The van der Waals surface area contributed by atoms with Gasteiger partial charge < -0.3 is 4.74 Å². The summed E-state index contributed by atoms with van der Waals surface area (Å²) >= 11 is 0. The van der Waals surface area contributed by atoms with Crippen LogP contribution in [0.2, 0.25) is 0 Å². The van der Waals surface area contributed by atoms with Crippen molar-refractivity contribution in [2.24, 2.45) is 5.41 Å². The van der Waals surface area contributed by atoms with Gasteiger partial charge in [-0.05, 0) is 37.5 Å². The normalized spacial score (nSPS) is 42.8. The zero-order valence-electron chi connectivity index (χ0n) is 7.44. The first-order valence-electron chi connectivity index (χ1n) is 4.96. The molecule has 3 aliphatic rings. The number of rotatable bonds is 2. The second kappa shape index (κ2) is 2.78. The molecule has 0 aromatic carbocycles. The van der Waals surface area contributed by atoms with Crippen molar-refractivity contribution in [2.45, 2.75) is 51.6 Å². The molecule has 0 atom stereocenters. The molecule has 11 heavy (non-hydrogen) atoms. The lowest BCUT2D eigenvalue weighted by Gasteiger charge is -2.46. The molecule has 64 valence electrons. The summed E-state index contributed by atoms with van der Waals surface area (Å²) in [5.41, 5.74) is 0.615. The first kappa shape index (κ1) is 7.60. The van der Waals surface area contributed by atoms with Crippen LogP contribution in [0.25, 0.3) is 0 Å². The Morgan fingerprint density at radius 3 is 2.55 bits per heavy atom. The minimum absolute atomic E-state index is 0.615. The van der Waals surface area contributed by atoms with Crippen molar-refractivity contribution in [3.8, 4) is 0 Å². The van der Waals surface area contributed by atoms with Gasteiger partial charge in [0, 0.05) is 0 Å². The maximum Gasteiger partial charge on any atom is 0.0575 e. The molecule has 0 amide bonds. The van der Waals surface area contributed by atoms with Gasteiger partial charge in [0.1, 0.15) is 0 Å². The highest BCUT2D eigenvalue weighted by atomic mass is 16.5. The fourth-order valence-electron chi connectivity index (χ4n) is 2.66. The first-order valence-corrected chi connectivity index (χ1v) is 4.96. The molecule has 1 heteroatoms. The van der Waals surface area contributed by atoms with E-state index in [9.17, 15) is 0 Å². The van der Waals surface area contributed by atoms with E-state index in [1.54, 1.807) is 0 Å². The Morgan fingerprint density at radius 2 is 2.09 bits per heavy atom. The van der Waals surface area contributed by atoms with Crippen molar-refractivity contribution in [1.29, 1.82) is 0 Å². The van der Waals surface area contributed by atoms with Gasteiger partial charge in [-0.25, -0.2) is 0 Å². The Morgan fingerprint density at radius 1 is 1.36 bits per heavy atom. The molecule has 2 bridgehead atoms. The molecule has 0 aromatic rings. The molecule has 2 heterocycles. The van der Waals surface area contributed by atoms with Crippen LogP contribution >= 0.6 is 0 Å². The molecule has 1 aliphatic carbocycles. The van der Waals surface area contributed by atoms with Gasteiger partial charge in [-0.15, -0.1) is 0 Å². The predicted molar refractivity (Wildman–Crippen MR) is 45.5 cm³/mol. The van der Waals surface area contributed by atoms with Gasteiger partial charge in [0.05, 0.1) is 12.7 Å². The van der Waals surface area contributed by atoms with Crippen LogP contribution in [0.5, 0.6) is 0 Å². The monoisotopic (exact) mass is 154 g/mol. The van der Waals surface area contributed by atoms with E-state index < -0.39 is 0 Å². The zero-order valence-corrected chi connectivity index (χ0v) is 7.44. The summed E-state index contributed by atoms with van der Waals surface area (Å²) in [5, 5.41) is 0. The molecule has 2 saturated heterocycles. The van der Waals surface area contributed by atoms with Gasteiger partial charge in [0.15, 0.2) is 0 Å². The second-order valence-electron chi connectivity index (χ2n) is 4.26. The minimum Gasteiger partial charge on any atom is -0.378 e. The van der Waals surface area contributed by atoms with E-state index in [2.05, 4.69) is 6.92 Å². The third-order valence-corrected chi connectivity index (χ3v) is 3.40. The zero-order chi connectivity index (χ0) is 7.73. The van der Waals surface area contributed by atoms with Crippen LogP contribution in [0, 0.1) is 5.41 Å². The molecule has 0 radical (unpaired) electrons. The summed E-state index contributed by atoms with van der Waals surface area (Å²) in [6.45, 7) is 3.35. The molecule has 0 aromatic heterocycles. The minimum atomic E-state index is 0.615. The summed E-state index contributed by atoms with van der Waals surface area (Å²) < 4.78 is 5.73. The Labute approximate surface area is 69.1 Å². The van der Waals surface area contributed by atoms with Crippen LogP contribution in [0.1, 0.15) is 45.4 Å². The van der Waals surface area contributed by atoms with Gasteiger partial charge in [-0.1, -0.05) is 13.3 Å². The smallest absolute Gasteiger partial charge is 0.0575 e. The van der Waals surface area contributed by atoms with E-state index in [0.717, 1.165) is 6.61 Å². The summed E-state index contributed by atoms with van der Waals surface area (Å²) in [5.74, 6) is 0. The first-order chi connectivity index (χ1) is 5.35. The lowest BCUT2D eigenvalue weighted by atomic mass is 9.69. The number of hydrogen-bond acceptors (Lipinski definition) is 1. The highest BCUT2D eigenvalue weighted by molar-refractivity contribution is 4.90. The van der Waals surface area contributed by atoms with Crippen molar-refractivity contribution in [3.05, 3.63) is 0 Å². The van der Waals surface area contributed by atoms with Gasteiger partial charge in [-0.2, -0.15) is 0 Å². The lowest BCUT2D eigenvalue weighted by Crippen LogP contribution is -2.42. The highest BCUT2D eigenvalue weighted by Crippen LogP contribution is 2.45. The number of hydrogen-bond donors (Lipinski definition) is 0. The van der Waals surface area contributed by atoms with Crippen molar-refractivity contribution in [1.82, 2.24) is 0 Å². The molecule has 0 N–H and O–H groups in total. The van der Waals surface area contributed by atoms with Crippen LogP contribution in [0.15, 0.2) is 0 Å². The molecular weight excluding hydrogens is 136 g/mol. The van der Waals surface area contributed by atoms with Crippen LogP contribution < -0.4 is 0 Å². The molecule has 2 aliphatic heterocycles. The van der Waals surface area contributed by atoms with Crippen LogP contribution in [-0.2, 0) is 4.74 Å². The van der Waals surface area contributed by atoms with Gasteiger partial charge in [-0.3, -0.25) is 0 Å². The molecule has 1 nitrogen and oxygen atoms in total. The molecular formula is C10H18O. The van der Waals surface area contributed by atoms with Gasteiger partial charge >= 0.3 is 0 Å². The molecule has 3 fully saturated rings. The van der Waals surface area contributed by atoms with E-state index >= 15 is 0 Å². The Balaban J connectivity index is 2.00. The van der Waals surface area contributed by atoms with Crippen molar-refractivity contribution in [3.63, 3.8) is 0 Å². The largest absolute Gasteiger partial charge is 0.378 e. The third-order valence-electron chi connectivity index (χ3n) is 3.40. The average Bonchev–Trinajstić information content (AvgIpc) is 2.07. The average molecular weight is 154 g/mol. The Hall–Kier alpha value is -0.0400. The Bertz CT molecular complexity index is 114. The molecule has 3 rings (SSSR count). The number of ether oxygens (including phenoxy) is 1. The molecule has 0 unspecified atom stereocenters. The molecule has 1 saturated carbocycles. The number of fused-ring (bicyclic) bond motifs is 3. The molecule has 0 spiro atoms. The van der Waals surface area contributed by atoms with Crippen LogP contribution in [0.4, 0.5) is 0 Å². The van der Waals surface area contributed by atoms with E-state index in [1.807, 2.05) is 0 Å². The highest BCUT2D eigenvalue weighted by Gasteiger charge is 2.40. The fourth-order valence-corrected chi connectivity index (χ4v) is 2.66. The van der Waals surface area contributed by atoms with Crippen molar-refractivity contribution in [2.75, 3.05) is 6.61 Å². The summed E-state index contributed by atoms with van der Waals surface area (Å²) in [6.07, 6.45) is 8.89. The van der Waals surface area contributed by atoms with E-state index in [1.165, 1.54) is 38.5 Å². The van der Waals surface area contributed by atoms with Gasteiger partial charge in [0.2, 0.25) is 0 Å². The summed E-state index contributed by atoms with van der Waals surface area (Å²) in [4.78, 5) is 0. The standard InChI is InChI=1S/C10H18O/c1-2-5-10-6-3-9(4-7-10)11-8-10/h9H,2-8H2,1H3. The van der Waals surface area contributed by atoms with Gasteiger partial charge in [0.25, 0.3) is 0 Å². The summed E-state index contributed by atoms with van der Waals surface area (Å²) in [7, 11) is 0. The lowest BCUT2D eigenvalue weighted by molar-refractivity contribution is -0.117. The SMILES string of the molecule is CCCC12CCC(CC1)OC2. The van der Waals surface area contributed by atoms with Crippen LogP contribution in [0.3, 0.4) is 0 Å². The maximum atomic E-state index is 5.73. The second-order valence-corrected chi connectivity index (χ2v) is 4.26. The topological polar surface area (TPSA) is 9.23 Å². The van der Waals surface area contributed by atoms with Crippen LogP contribution in [-0.4, -0.2) is 12.7 Å². The fraction of sp³-hybridized carbons (Fsp3) is 1.00. The van der Waals surface area contributed by atoms with E-state index in [-0.39, 0.29) is 0 Å². The maximum absolute atomic E-state index is 5.73. The van der Waals surface area contributed by atoms with Crippen molar-refractivity contribution < 1.29 is 4.74 Å². The Kier molecular flexibility index (Phi) is 1.92. The predicted octanol–water partition coefficient (Wildman–Crippen LogP) is 2.75. The quantitative estimate of drug-likeness (QED) is 0.594. The summed E-state index contributed by atoms with van der Waals surface area (Å²) in [6, 6.07) is 0. The van der Waals surface area contributed by atoms with E-state index in [4.69, 9.17) is 4.74 Å². The third kappa shape index (κ3) is 1.31. The van der Waals surface area contributed by atoms with E-state index in [0.29, 0.717) is 11.5 Å².